The molecule has 1 N–H and O–H groups in total. The van der Waals surface area contributed by atoms with E-state index in [1.807, 2.05) is 0 Å². The van der Waals surface area contributed by atoms with Gasteiger partial charge in [-0.1, -0.05) is 6.07 Å². The summed E-state index contributed by atoms with van der Waals surface area (Å²) in [6.07, 6.45) is 0. The van der Waals surface area contributed by atoms with Gasteiger partial charge in [0.05, 0.1) is 15.1 Å². The van der Waals surface area contributed by atoms with Crippen LogP contribution >= 0.6 is 22.6 Å². The van der Waals surface area contributed by atoms with Gasteiger partial charge in [0.2, 0.25) is 0 Å². The summed E-state index contributed by atoms with van der Waals surface area (Å²) in [6.45, 7) is -0.273. The first-order valence-corrected chi connectivity index (χ1v) is 4.66. The summed E-state index contributed by atoms with van der Waals surface area (Å²) < 4.78 is 0.314. The number of nitriles is 1. The molecule has 0 aromatic heterocycles. The van der Waals surface area contributed by atoms with Gasteiger partial charge in [0.1, 0.15) is 11.6 Å². The third-order valence-electron chi connectivity index (χ3n) is 1.67. The Morgan fingerprint density at radius 1 is 1.64 bits per heavy atom. The maximum atomic E-state index is 10.6. The van der Waals surface area contributed by atoms with Crippen molar-refractivity contribution in [3.05, 3.63) is 36.9 Å². The molecular weight excluding hydrogens is 299 g/mol. The van der Waals surface area contributed by atoms with E-state index in [-0.39, 0.29) is 17.9 Å². The molecule has 0 aliphatic carbocycles. The van der Waals surface area contributed by atoms with Crippen LogP contribution in [0.15, 0.2) is 12.1 Å². The first-order valence-electron chi connectivity index (χ1n) is 3.58. The van der Waals surface area contributed by atoms with E-state index in [9.17, 15) is 10.1 Å². The Hall–Kier alpha value is -1.20. The van der Waals surface area contributed by atoms with Crippen molar-refractivity contribution in [3.63, 3.8) is 0 Å². The molecule has 0 atom stereocenters. The van der Waals surface area contributed by atoms with Crippen LogP contribution < -0.4 is 0 Å². The Morgan fingerprint density at radius 3 is 2.71 bits per heavy atom. The summed E-state index contributed by atoms with van der Waals surface area (Å²) in [5.74, 6) is 0. The average molecular weight is 304 g/mol. The van der Waals surface area contributed by atoms with E-state index in [0.29, 0.717) is 9.13 Å². The van der Waals surface area contributed by atoms with Crippen LogP contribution in [-0.4, -0.2) is 10.0 Å². The monoisotopic (exact) mass is 304 g/mol. The lowest BCUT2D eigenvalue weighted by Gasteiger charge is -2.02. The van der Waals surface area contributed by atoms with E-state index < -0.39 is 4.92 Å². The maximum absolute atomic E-state index is 10.6. The summed E-state index contributed by atoms with van der Waals surface area (Å²) in [5.41, 5.74) is 0.229. The fourth-order valence-electron chi connectivity index (χ4n) is 0.997. The molecule has 14 heavy (non-hydrogen) atoms. The largest absolute Gasteiger partial charge is 0.392 e. The highest BCUT2D eigenvalue weighted by Gasteiger charge is 2.20. The van der Waals surface area contributed by atoms with Crippen LogP contribution in [0.25, 0.3) is 0 Å². The molecule has 0 fully saturated rings. The zero-order valence-corrected chi connectivity index (χ0v) is 9.06. The van der Waals surface area contributed by atoms with Gasteiger partial charge in [0.15, 0.2) is 0 Å². The molecule has 5 nitrogen and oxygen atoms in total. The number of hydrogen-bond acceptors (Lipinski definition) is 4. The number of aliphatic hydroxyl groups is 1. The van der Waals surface area contributed by atoms with E-state index in [1.165, 1.54) is 12.1 Å². The van der Waals surface area contributed by atoms with Crippen molar-refractivity contribution in [1.29, 1.82) is 5.26 Å². The molecule has 6 heteroatoms. The minimum absolute atomic E-state index is 0.0107. The van der Waals surface area contributed by atoms with Crippen LogP contribution in [0.5, 0.6) is 0 Å². The van der Waals surface area contributed by atoms with Gasteiger partial charge >= 0.3 is 5.69 Å². The standard InChI is InChI=1S/C8H5IN2O3/c9-7-6(4-12)2-1-5(3-10)8(7)11(13)14/h1-2,12H,4H2. The summed E-state index contributed by atoms with van der Waals surface area (Å²) in [6, 6.07) is 4.59. The van der Waals surface area contributed by atoms with Gasteiger partial charge in [-0.3, -0.25) is 10.1 Å². The summed E-state index contributed by atoms with van der Waals surface area (Å²) >= 11 is 1.75. The molecule has 0 unspecified atom stereocenters. The number of halogens is 1. The molecule has 1 rings (SSSR count). The Kier molecular flexibility index (Phi) is 3.38. The average Bonchev–Trinajstić information content (AvgIpc) is 2.16. The molecular formula is C8H5IN2O3. The number of aliphatic hydroxyl groups excluding tert-OH is 1. The molecule has 1 aromatic carbocycles. The molecule has 0 heterocycles. The van der Waals surface area contributed by atoms with Crippen molar-refractivity contribution >= 4 is 28.3 Å². The number of benzene rings is 1. The van der Waals surface area contributed by atoms with Crippen molar-refractivity contribution in [3.8, 4) is 6.07 Å². The zero-order valence-electron chi connectivity index (χ0n) is 6.90. The third kappa shape index (κ3) is 1.83. The predicted molar refractivity (Wildman–Crippen MR) is 56.5 cm³/mol. The summed E-state index contributed by atoms with van der Waals surface area (Å²) in [4.78, 5) is 10.0. The van der Waals surface area contributed by atoms with E-state index in [2.05, 4.69) is 0 Å². The second-order valence-corrected chi connectivity index (χ2v) is 3.54. The summed E-state index contributed by atoms with van der Waals surface area (Å²) in [5, 5.41) is 28.2. The first kappa shape index (κ1) is 10.9. The van der Waals surface area contributed by atoms with E-state index >= 15 is 0 Å². The van der Waals surface area contributed by atoms with Crippen LogP contribution in [0.3, 0.4) is 0 Å². The van der Waals surface area contributed by atoms with Crippen LogP contribution in [0, 0.1) is 25.0 Å². The SMILES string of the molecule is N#Cc1ccc(CO)c(I)c1[N+](=O)[O-]. The number of nitrogens with zero attached hydrogens (tertiary/aromatic N) is 2. The third-order valence-corrected chi connectivity index (χ3v) is 2.87. The molecule has 0 radical (unpaired) electrons. The quantitative estimate of drug-likeness (QED) is 0.510. The van der Waals surface area contributed by atoms with Gasteiger partial charge in [0.25, 0.3) is 0 Å². The number of hydrogen-bond donors (Lipinski definition) is 1. The molecule has 1 aromatic rings. The lowest BCUT2D eigenvalue weighted by Crippen LogP contribution is -1.99. The molecule has 0 aliphatic heterocycles. The highest BCUT2D eigenvalue weighted by Crippen LogP contribution is 2.28. The van der Waals surface area contributed by atoms with Gasteiger partial charge in [-0.25, -0.2) is 0 Å². The van der Waals surface area contributed by atoms with Crippen LogP contribution in [0.4, 0.5) is 5.69 Å². The molecule has 0 spiro atoms. The van der Waals surface area contributed by atoms with E-state index in [4.69, 9.17) is 10.4 Å². The van der Waals surface area contributed by atoms with Crippen molar-refractivity contribution in [1.82, 2.24) is 0 Å². The second kappa shape index (κ2) is 4.34. The highest BCUT2D eigenvalue weighted by atomic mass is 127. The fourth-order valence-corrected chi connectivity index (χ4v) is 1.84. The lowest BCUT2D eigenvalue weighted by atomic mass is 10.1. The van der Waals surface area contributed by atoms with Crippen molar-refractivity contribution in [2.24, 2.45) is 0 Å². The minimum Gasteiger partial charge on any atom is -0.392 e. The van der Waals surface area contributed by atoms with Crippen LogP contribution in [-0.2, 0) is 6.61 Å². The summed E-state index contributed by atoms with van der Waals surface area (Å²) in [7, 11) is 0. The minimum atomic E-state index is -0.612. The van der Waals surface area contributed by atoms with Gasteiger partial charge in [0, 0.05) is 0 Å². The maximum Gasteiger partial charge on any atom is 0.300 e. The van der Waals surface area contributed by atoms with E-state index in [1.54, 1.807) is 28.7 Å². The van der Waals surface area contributed by atoms with Gasteiger partial charge < -0.3 is 5.11 Å². The Bertz CT molecular complexity index is 425. The Balaban J connectivity index is 3.49. The van der Waals surface area contributed by atoms with Crippen molar-refractivity contribution < 1.29 is 10.0 Å². The second-order valence-electron chi connectivity index (χ2n) is 2.46. The predicted octanol–water partition coefficient (Wildman–Crippen LogP) is 1.56. The van der Waals surface area contributed by atoms with Gasteiger partial charge in [-0.2, -0.15) is 5.26 Å². The zero-order chi connectivity index (χ0) is 10.7. The van der Waals surface area contributed by atoms with Gasteiger partial charge in [-0.15, -0.1) is 0 Å². The highest BCUT2D eigenvalue weighted by molar-refractivity contribution is 14.1. The van der Waals surface area contributed by atoms with E-state index in [0.717, 1.165) is 0 Å². The Morgan fingerprint density at radius 2 is 2.29 bits per heavy atom. The first-order chi connectivity index (χ1) is 6.61. The molecule has 0 aliphatic rings. The smallest absolute Gasteiger partial charge is 0.300 e. The number of rotatable bonds is 2. The molecule has 72 valence electrons. The molecule has 0 saturated carbocycles. The van der Waals surface area contributed by atoms with Crippen molar-refractivity contribution in [2.45, 2.75) is 6.61 Å². The number of nitro benzene ring substituents is 1. The Labute approximate surface area is 93.3 Å². The normalized spacial score (nSPS) is 9.50. The molecule has 0 amide bonds. The van der Waals surface area contributed by atoms with Gasteiger partial charge in [-0.05, 0) is 34.2 Å². The fraction of sp³-hybridized carbons (Fsp3) is 0.125. The molecule has 0 saturated heterocycles. The number of nitro groups is 1. The van der Waals surface area contributed by atoms with Crippen LogP contribution in [0.2, 0.25) is 0 Å². The topological polar surface area (TPSA) is 87.2 Å². The van der Waals surface area contributed by atoms with Crippen molar-refractivity contribution in [2.75, 3.05) is 0 Å². The van der Waals surface area contributed by atoms with Crippen LogP contribution in [0.1, 0.15) is 11.1 Å². The lowest BCUT2D eigenvalue weighted by molar-refractivity contribution is -0.386. The molecule has 0 bridgehead atoms.